The fourth-order valence-corrected chi connectivity index (χ4v) is 4.77. The highest BCUT2D eigenvalue weighted by Crippen LogP contribution is 2.47. The van der Waals surface area contributed by atoms with Gasteiger partial charge < -0.3 is 0 Å². The number of terminal acetylenes is 2. The molecule has 0 spiro atoms. The molecule has 0 N–H and O–H groups in total. The van der Waals surface area contributed by atoms with Gasteiger partial charge in [-0.2, -0.15) is 0 Å². The van der Waals surface area contributed by atoms with Gasteiger partial charge in [-0.15, -0.1) is 12.8 Å². The molecule has 1 atom stereocenters. The highest BCUT2D eigenvalue weighted by molar-refractivity contribution is 7.67. The summed E-state index contributed by atoms with van der Waals surface area (Å²) in [5.74, 6) is 0. The molecule has 0 nitrogen and oxygen atoms in total. The molecule has 0 aliphatic carbocycles. The highest BCUT2D eigenvalue weighted by Gasteiger charge is 2.31. The van der Waals surface area contributed by atoms with Crippen LogP contribution < -0.4 is 0 Å². The lowest BCUT2D eigenvalue weighted by atomic mass is 9.94. The Morgan fingerprint density at radius 1 is 1.25 bits per heavy atom. The first-order chi connectivity index (χ1) is 7.44. The van der Waals surface area contributed by atoms with Gasteiger partial charge in [0.25, 0.3) is 0 Å². The molecule has 0 radical (unpaired) electrons. The first-order valence-corrected chi connectivity index (χ1v) is 7.81. The van der Waals surface area contributed by atoms with Crippen molar-refractivity contribution >= 4 is 21.4 Å². The van der Waals surface area contributed by atoms with Gasteiger partial charge in [0.15, 0.2) is 0 Å². The fraction of sp³-hybridized carbons (Fsp3) is 0.500. The van der Waals surface area contributed by atoms with E-state index in [0.29, 0.717) is 0 Å². The van der Waals surface area contributed by atoms with Crippen LogP contribution in [0.2, 0.25) is 0 Å². The first-order valence-electron chi connectivity index (χ1n) is 5.39. The van der Waals surface area contributed by atoms with Crippen LogP contribution in [0.4, 0.5) is 0 Å². The summed E-state index contributed by atoms with van der Waals surface area (Å²) in [4.78, 5) is 0. The quantitative estimate of drug-likeness (QED) is 0.516. The lowest BCUT2D eigenvalue weighted by Crippen LogP contribution is -2.18. The van der Waals surface area contributed by atoms with Crippen molar-refractivity contribution in [2.45, 2.75) is 39.3 Å². The molecule has 0 saturated carbocycles. The van der Waals surface area contributed by atoms with Gasteiger partial charge in [-0.25, -0.2) is 0 Å². The van der Waals surface area contributed by atoms with Crippen LogP contribution in [0.25, 0.3) is 0 Å². The molecule has 2 heteroatoms. The highest BCUT2D eigenvalue weighted by atomic mass is 31.1. The van der Waals surface area contributed by atoms with Crippen LogP contribution in [0.15, 0.2) is 11.1 Å². The minimum absolute atomic E-state index is 0.266. The van der Waals surface area contributed by atoms with Crippen LogP contribution in [-0.4, -0.2) is 16.6 Å². The van der Waals surface area contributed by atoms with E-state index in [4.69, 9.17) is 12.8 Å². The first kappa shape index (κ1) is 13.5. The summed E-state index contributed by atoms with van der Waals surface area (Å²) in [7, 11) is 0.801. The maximum Gasteiger partial charge on any atom is 0.0496 e. The fourth-order valence-electron chi connectivity index (χ4n) is 1.95. The van der Waals surface area contributed by atoms with Crippen LogP contribution in [0.5, 0.6) is 0 Å². The summed E-state index contributed by atoms with van der Waals surface area (Å²) >= 11 is 0. The SMILES string of the molecule is C#CP(C#C)CCC1(C)P=C(C)C(C)=C1C. The van der Waals surface area contributed by atoms with Crippen LogP contribution in [-0.2, 0) is 0 Å². The topological polar surface area (TPSA) is 0 Å². The summed E-state index contributed by atoms with van der Waals surface area (Å²) in [5, 5.41) is 1.76. The van der Waals surface area contributed by atoms with E-state index in [2.05, 4.69) is 39.0 Å². The van der Waals surface area contributed by atoms with E-state index in [1.165, 1.54) is 24.6 Å². The molecule has 0 saturated heterocycles. The Morgan fingerprint density at radius 3 is 2.19 bits per heavy atom. The average molecular weight is 248 g/mol. The second kappa shape index (κ2) is 5.19. The third-order valence-corrected chi connectivity index (χ3v) is 6.48. The lowest BCUT2D eigenvalue weighted by Gasteiger charge is -2.24. The van der Waals surface area contributed by atoms with Crippen molar-refractivity contribution in [1.82, 2.24) is 0 Å². The smallest absolute Gasteiger partial charge is 0.0496 e. The summed E-state index contributed by atoms with van der Waals surface area (Å²) < 4.78 is 0. The van der Waals surface area contributed by atoms with Gasteiger partial charge in [0.2, 0.25) is 0 Å². The summed E-state index contributed by atoms with van der Waals surface area (Å²) in [6.07, 6.45) is 12.9. The molecule has 0 aromatic carbocycles. The predicted molar refractivity (Wildman–Crippen MR) is 78.5 cm³/mol. The Bertz CT molecular complexity index is 415. The van der Waals surface area contributed by atoms with Gasteiger partial charge >= 0.3 is 0 Å². The monoisotopic (exact) mass is 248 g/mol. The molecular weight excluding hydrogens is 230 g/mol. The van der Waals surface area contributed by atoms with Crippen molar-refractivity contribution in [3.05, 3.63) is 11.1 Å². The van der Waals surface area contributed by atoms with Crippen LogP contribution >= 0.6 is 16.1 Å². The Morgan fingerprint density at radius 2 is 1.81 bits per heavy atom. The zero-order valence-electron chi connectivity index (χ0n) is 10.5. The van der Waals surface area contributed by atoms with Crippen molar-refractivity contribution in [1.29, 1.82) is 0 Å². The maximum atomic E-state index is 5.42. The normalized spacial score (nSPS) is 25.3. The Balaban J connectivity index is 2.78. The average Bonchev–Trinajstić information content (AvgIpc) is 2.45. The van der Waals surface area contributed by atoms with Gasteiger partial charge in [-0.3, -0.25) is 0 Å². The molecule has 1 rings (SSSR count). The predicted octanol–water partition coefficient (Wildman–Crippen LogP) is 4.29. The van der Waals surface area contributed by atoms with Gasteiger partial charge in [-0.05, 0) is 51.1 Å². The Hall–Kier alpha value is -0.540. The summed E-state index contributed by atoms with van der Waals surface area (Å²) in [6.45, 7) is 9.00. The minimum Gasteiger partial charge on any atom is -0.114 e. The molecule has 0 amide bonds. The van der Waals surface area contributed by atoms with Crippen molar-refractivity contribution in [2.24, 2.45) is 0 Å². The third-order valence-electron chi connectivity index (χ3n) is 3.46. The van der Waals surface area contributed by atoms with E-state index >= 15 is 0 Å². The number of hydrogen-bond donors (Lipinski definition) is 0. The van der Waals surface area contributed by atoms with E-state index in [1.807, 2.05) is 0 Å². The van der Waals surface area contributed by atoms with Crippen LogP contribution in [0, 0.1) is 24.2 Å². The van der Waals surface area contributed by atoms with Gasteiger partial charge in [-0.1, -0.05) is 25.1 Å². The lowest BCUT2D eigenvalue weighted by molar-refractivity contribution is 0.716. The van der Waals surface area contributed by atoms with Gasteiger partial charge in [0.05, 0.1) is 0 Å². The number of rotatable bonds is 3. The molecule has 1 heterocycles. The van der Waals surface area contributed by atoms with Crippen molar-refractivity contribution in [2.75, 3.05) is 6.16 Å². The molecule has 1 aliphatic rings. The standard InChI is InChI=1S/C14H18P2/c1-7-16(8-2)10-9-14(6)12(4)11(3)13(5)15-14/h1-2H,9-10H2,3-6H3. The Kier molecular flexibility index (Phi) is 4.39. The molecule has 0 aromatic heterocycles. The van der Waals surface area contributed by atoms with Crippen LogP contribution in [0.1, 0.15) is 34.1 Å². The number of hydrogen-bond acceptors (Lipinski definition) is 0. The van der Waals surface area contributed by atoms with Gasteiger partial charge in [0, 0.05) is 13.1 Å². The molecule has 0 bridgehead atoms. The van der Waals surface area contributed by atoms with Crippen molar-refractivity contribution in [3.63, 3.8) is 0 Å². The largest absolute Gasteiger partial charge is 0.114 e. The van der Waals surface area contributed by atoms with Crippen molar-refractivity contribution < 1.29 is 0 Å². The second-order valence-corrected chi connectivity index (χ2v) is 8.08. The molecule has 84 valence electrons. The molecule has 1 unspecified atom stereocenters. The van der Waals surface area contributed by atoms with E-state index in [0.717, 1.165) is 12.6 Å². The van der Waals surface area contributed by atoms with E-state index in [1.54, 1.807) is 0 Å². The van der Waals surface area contributed by atoms with E-state index < -0.39 is 7.92 Å². The van der Waals surface area contributed by atoms with Crippen LogP contribution in [0.3, 0.4) is 0 Å². The second-order valence-electron chi connectivity index (χ2n) is 4.38. The molecular formula is C14H18P2. The summed E-state index contributed by atoms with van der Waals surface area (Å²) in [6, 6.07) is 0. The summed E-state index contributed by atoms with van der Waals surface area (Å²) in [5.41, 5.74) is 8.44. The maximum absolute atomic E-state index is 5.42. The molecule has 1 aliphatic heterocycles. The van der Waals surface area contributed by atoms with Gasteiger partial charge in [0.1, 0.15) is 0 Å². The molecule has 0 fully saturated rings. The number of allylic oxidation sites excluding steroid dienone is 2. The van der Waals surface area contributed by atoms with E-state index in [9.17, 15) is 0 Å². The van der Waals surface area contributed by atoms with Crippen molar-refractivity contribution in [3.8, 4) is 24.2 Å². The zero-order valence-corrected chi connectivity index (χ0v) is 12.3. The molecule has 0 aromatic rings. The minimum atomic E-state index is -0.633. The zero-order chi connectivity index (χ0) is 12.3. The molecule has 16 heavy (non-hydrogen) atoms. The third kappa shape index (κ3) is 2.58. The Labute approximate surface area is 102 Å². The van der Waals surface area contributed by atoms with E-state index in [-0.39, 0.29) is 5.16 Å².